The molecule has 0 bridgehead atoms. The van der Waals surface area contributed by atoms with Gasteiger partial charge in [0.2, 0.25) is 17.3 Å². The molecule has 0 spiro atoms. The second kappa shape index (κ2) is 19.8. The fourth-order valence-corrected chi connectivity index (χ4v) is 7.38. The molecule has 1 aromatic heterocycles. The first-order valence-electron chi connectivity index (χ1n) is 19.1. The van der Waals surface area contributed by atoms with Crippen molar-refractivity contribution in [3.05, 3.63) is 179 Å². The minimum atomic E-state index is -2.22. The van der Waals surface area contributed by atoms with Crippen molar-refractivity contribution in [1.29, 1.82) is 0 Å². The van der Waals surface area contributed by atoms with Gasteiger partial charge in [-0.05, 0) is 38.2 Å². The molecule has 2 heterocycles. The molecule has 1 aliphatic heterocycles. The first-order valence-corrected chi connectivity index (χ1v) is 20.1. The summed E-state index contributed by atoms with van der Waals surface area (Å²) in [5.41, 5.74) is 2.79. The van der Waals surface area contributed by atoms with E-state index in [2.05, 4.69) is 20.8 Å². The number of carbonyl (C=O) groups is 5. The van der Waals surface area contributed by atoms with Crippen LogP contribution in [0.4, 0.5) is 0 Å². The number of β-lactam (4-membered cyclic amide) rings is 1. The molecule has 5 aromatic carbocycles. The van der Waals surface area contributed by atoms with E-state index in [-0.39, 0.29) is 11.3 Å². The third-order valence-electron chi connectivity index (χ3n) is 9.72. The second-order valence-electron chi connectivity index (χ2n) is 13.8. The van der Waals surface area contributed by atoms with Crippen LogP contribution in [0.2, 0.25) is 0 Å². The first-order chi connectivity index (χ1) is 29.7. The number of ketones is 1. The predicted molar refractivity (Wildman–Crippen MR) is 220 cm³/mol. The van der Waals surface area contributed by atoms with Crippen molar-refractivity contribution >= 4 is 41.3 Å². The van der Waals surface area contributed by atoms with E-state index in [1.54, 1.807) is 147 Å². The summed E-state index contributed by atoms with van der Waals surface area (Å²) in [6.07, 6.45) is -5.62. The maximum absolute atomic E-state index is 14.3. The predicted octanol–water partition coefficient (Wildman–Crippen LogP) is 4.31. The van der Waals surface area contributed by atoms with E-state index in [0.29, 0.717) is 32.3 Å². The Kier molecular flexibility index (Phi) is 13.7. The van der Waals surface area contributed by atoms with Gasteiger partial charge in [0.1, 0.15) is 6.61 Å². The highest BCUT2D eigenvalue weighted by molar-refractivity contribution is 7.99. The van der Waals surface area contributed by atoms with Gasteiger partial charge < -0.3 is 24.6 Å². The van der Waals surface area contributed by atoms with E-state index in [0.717, 1.165) is 11.8 Å². The number of esters is 2. The minimum absolute atomic E-state index is 0.127. The number of aryl methyl sites for hydroxylation is 1. The third kappa shape index (κ3) is 10.1. The van der Waals surface area contributed by atoms with Crippen molar-refractivity contribution in [3.63, 3.8) is 0 Å². The lowest BCUT2D eigenvalue weighted by Gasteiger charge is -2.47. The van der Waals surface area contributed by atoms with E-state index < -0.39 is 72.8 Å². The molecule has 1 aliphatic rings. The number of thioether (sulfide) groups is 1. The fraction of sp³-hybridized carbons (Fsp3) is 0.200. The van der Waals surface area contributed by atoms with Crippen LogP contribution < -0.4 is 5.32 Å². The maximum Gasteiger partial charge on any atom is 0.357 e. The lowest BCUT2D eigenvalue weighted by atomic mass is 9.95. The molecule has 6 aromatic rings. The molecule has 61 heavy (non-hydrogen) atoms. The van der Waals surface area contributed by atoms with E-state index >= 15 is 0 Å². The van der Waals surface area contributed by atoms with Crippen molar-refractivity contribution in [2.45, 2.75) is 41.8 Å². The number of rotatable bonds is 18. The van der Waals surface area contributed by atoms with Crippen LogP contribution >= 0.6 is 11.8 Å². The van der Waals surface area contributed by atoms with Gasteiger partial charge in [-0.2, -0.15) is 0 Å². The number of aliphatic hydroxyl groups excluding tert-OH is 1. The van der Waals surface area contributed by atoms with Crippen LogP contribution in [0, 0.1) is 0 Å². The summed E-state index contributed by atoms with van der Waals surface area (Å²) in [4.78, 5) is 70.0. The Morgan fingerprint density at radius 1 is 0.689 bits per heavy atom. The number of benzene rings is 5. The number of hydrogen-bond donors (Lipinski definition) is 2. The van der Waals surface area contributed by atoms with Crippen molar-refractivity contribution in [1.82, 2.24) is 30.4 Å². The van der Waals surface area contributed by atoms with Crippen LogP contribution in [0.15, 0.2) is 157 Å². The Hall–Kier alpha value is -7.01. The van der Waals surface area contributed by atoms with Crippen LogP contribution in [-0.4, -0.2) is 90.6 Å². The molecule has 1 fully saturated rings. The summed E-state index contributed by atoms with van der Waals surface area (Å²) in [5.74, 6) is -6.13. The molecule has 4 atom stereocenters. The Morgan fingerprint density at radius 3 is 1.57 bits per heavy atom. The zero-order valence-corrected chi connectivity index (χ0v) is 33.5. The zero-order chi connectivity index (χ0) is 42.7. The molecule has 0 saturated carbocycles. The number of nitrogens with one attached hydrogen (secondary N) is 1. The monoisotopic (exact) mass is 840 g/mol. The molecule has 1 saturated heterocycles. The highest BCUT2D eigenvalue weighted by atomic mass is 32.2. The van der Waals surface area contributed by atoms with Gasteiger partial charge in [-0.1, -0.05) is 163 Å². The molecular formula is C45H40N6O9S. The molecule has 2 unspecified atom stereocenters. The Bertz CT molecular complexity index is 2350. The molecule has 310 valence electrons. The number of Topliss-reactive ketones (excluding diaryl/α,β-unsaturated/α-hetero) is 1. The van der Waals surface area contributed by atoms with Crippen molar-refractivity contribution in [3.8, 4) is 0 Å². The van der Waals surface area contributed by atoms with E-state index in [4.69, 9.17) is 14.2 Å². The quantitative estimate of drug-likeness (QED) is 0.0539. The van der Waals surface area contributed by atoms with Gasteiger partial charge in [0, 0.05) is 7.05 Å². The maximum atomic E-state index is 14.3. The number of ether oxygens (including phenoxy) is 3. The molecule has 2 amide bonds. The summed E-state index contributed by atoms with van der Waals surface area (Å²) in [7, 11) is 1.61. The lowest BCUT2D eigenvalue weighted by molar-refractivity contribution is -0.220. The number of amides is 2. The normalized spacial score (nSPS) is 15.7. The Balaban J connectivity index is 1.13. The van der Waals surface area contributed by atoms with Gasteiger partial charge in [0.05, 0.1) is 5.75 Å². The minimum Gasteiger partial charge on any atom is -0.452 e. The summed E-state index contributed by atoms with van der Waals surface area (Å²) < 4.78 is 19.2. The molecule has 2 N–H and O–H groups in total. The van der Waals surface area contributed by atoms with Gasteiger partial charge in [-0.3, -0.25) is 24.1 Å². The number of nitrogens with zero attached hydrogens (tertiary/aromatic N) is 5. The SMILES string of the molecule is Cn1nnnc1SCC(=O)CO[C@@H]1[C@H](NC(=O)C(C(=O)OC(c2ccccc2)c2ccccc2)c2ccccc2)C(=O)N1C(O)C(=O)OC(c1ccccc1)c1ccccc1. The molecule has 0 aliphatic carbocycles. The highest BCUT2D eigenvalue weighted by Gasteiger charge is 2.55. The van der Waals surface area contributed by atoms with Crippen molar-refractivity contribution < 1.29 is 43.3 Å². The Morgan fingerprint density at radius 2 is 1.13 bits per heavy atom. The summed E-state index contributed by atoms with van der Waals surface area (Å²) in [6.45, 7) is -0.600. The standard InChI is InChI=1S/C45H40N6O9S/c1-50-45(47-48-49-50)61-28-34(52)27-58-42-36(40(54)51(42)41(55)44(57)60-38(32-23-13-5-14-24-32)33-25-15-6-16-26-33)46-39(53)35(29-17-7-2-8-18-29)43(56)59-37(30-19-9-3-10-20-30)31-21-11-4-12-22-31/h2-26,35-38,41-42,55H,27-28H2,1H3,(H,46,53)/t35?,36-,41?,42-/m1/s1. The average molecular weight is 841 g/mol. The van der Waals surface area contributed by atoms with Gasteiger partial charge >= 0.3 is 11.9 Å². The van der Waals surface area contributed by atoms with Crippen LogP contribution in [0.1, 0.15) is 45.9 Å². The van der Waals surface area contributed by atoms with Gasteiger partial charge in [0.15, 0.2) is 36.2 Å². The van der Waals surface area contributed by atoms with Crippen LogP contribution in [0.25, 0.3) is 0 Å². The summed E-state index contributed by atoms with van der Waals surface area (Å²) >= 11 is 1.04. The van der Waals surface area contributed by atoms with Crippen LogP contribution in [0.3, 0.4) is 0 Å². The fourth-order valence-electron chi connectivity index (χ4n) is 6.68. The molecule has 0 radical (unpaired) electrons. The summed E-state index contributed by atoms with van der Waals surface area (Å²) in [5, 5.41) is 25.5. The second-order valence-corrected chi connectivity index (χ2v) is 14.8. The number of carbonyl (C=O) groups excluding carboxylic acids is 5. The number of tetrazole rings is 1. The van der Waals surface area contributed by atoms with E-state index in [1.807, 2.05) is 12.1 Å². The molecule has 7 rings (SSSR count). The number of aromatic nitrogens is 4. The largest absolute Gasteiger partial charge is 0.452 e. The van der Waals surface area contributed by atoms with Crippen LogP contribution in [-0.2, 0) is 45.2 Å². The van der Waals surface area contributed by atoms with Crippen LogP contribution in [0.5, 0.6) is 0 Å². The zero-order valence-electron chi connectivity index (χ0n) is 32.7. The van der Waals surface area contributed by atoms with Gasteiger partial charge in [0.25, 0.3) is 5.91 Å². The highest BCUT2D eigenvalue weighted by Crippen LogP contribution is 2.32. The topological polar surface area (TPSA) is 192 Å². The van der Waals surface area contributed by atoms with Gasteiger partial charge in [-0.25, -0.2) is 9.48 Å². The van der Waals surface area contributed by atoms with Crippen molar-refractivity contribution in [2.75, 3.05) is 12.4 Å². The van der Waals surface area contributed by atoms with Gasteiger partial charge in [-0.15, -0.1) is 5.10 Å². The molecule has 16 heteroatoms. The first kappa shape index (κ1) is 42.1. The molecule has 15 nitrogen and oxygen atoms in total. The van der Waals surface area contributed by atoms with Crippen molar-refractivity contribution in [2.24, 2.45) is 7.05 Å². The van der Waals surface area contributed by atoms with E-state index in [9.17, 15) is 29.1 Å². The number of aliphatic hydroxyl groups is 1. The lowest BCUT2D eigenvalue weighted by Crippen LogP contribution is -2.75. The molecular weight excluding hydrogens is 801 g/mol. The Labute approximate surface area is 354 Å². The number of likely N-dealkylation sites (tertiary alicyclic amines) is 1. The summed E-state index contributed by atoms with van der Waals surface area (Å²) in [6, 6.07) is 42.4. The third-order valence-corrected chi connectivity index (χ3v) is 10.8. The van der Waals surface area contributed by atoms with E-state index in [1.165, 1.54) is 4.68 Å². The average Bonchev–Trinajstić information content (AvgIpc) is 3.72. The smallest absolute Gasteiger partial charge is 0.357 e. The number of hydrogen-bond acceptors (Lipinski definition) is 13.